The molecule has 1 saturated carbocycles. The first kappa shape index (κ1) is 13.4. The van der Waals surface area contributed by atoms with Crippen LogP contribution in [0.15, 0.2) is 29.2 Å². The molecule has 1 fully saturated rings. The summed E-state index contributed by atoms with van der Waals surface area (Å²) >= 11 is 1.59. The second-order valence-electron chi connectivity index (χ2n) is 5.05. The van der Waals surface area contributed by atoms with Gasteiger partial charge in [0.05, 0.1) is 11.1 Å². The van der Waals surface area contributed by atoms with Gasteiger partial charge in [0.2, 0.25) is 0 Å². The van der Waals surface area contributed by atoms with E-state index in [4.69, 9.17) is 5.73 Å². The van der Waals surface area contributed by atoms with Crippen LogP contribution in [0.25, 0.3) is 0 Å². The number of hydrogen-bond acceptors (Lipinski definition) is 3. The van der Waals surface area contributed by atoms with E-state index in [9.17, 15) is 4.79 Å². The van der Waals surface area contributed by atoms with Gasteiger partial charge in [-0.05, 0) is 44.1 Å². The van der Waals surface area contributed by atoms with E-state index in [0.29, 0.717) is 12.5 Å². The molecule has 0 aliphatic heterocycles. The number of carbonyl (C=O) groups is 1. The maximum atomic E-state index is 12.4. The van der Waals surface area contributed by atoms with Gasteiger partial charge in [0.1, 0.15) is 0 Å². The Balaban J connectivity index is 2.16. The van der Waals surface area contributed by atoms with Crippen molar-refractivity contribution in [2.45, 2.75) is 30.2 Å². The van der Waals surface area contributed by atoms with Crippen LogP contribution in [-0.4, -0.2) is 24.2 Å². The third-order valence-corrected chi connectivity index (χ3v) is 4.45. The highest BCUT2D eigenvalue weighted by Gasteiger charge is 2.41. The predicted molar refractivity (Wildman–Crippen MR) is 75.9 cm³/mol. The third-order valence-electron chi connectivity index (χ3n) is 3.65. The van der Waals surface area contributed by atoms with Gasteiger partial charge in [-0.2, -0.15) is 0 Å². The summed E-state index contributed by atoms with van der Waals surface area (Å²) in [7, 11) is 0. The molecular formula is C14H20N2OS. The molecule has 4 heteroatoms. The zero-order valence-corrected chi connectivity index (χ0v) is 11.7. The molecule has 1 aromatic carbocycles. The highest BCUT2D eigenvalue weighted by molar-refractivity contribution is 7.98. The lowest BCUT2D eigenvalue weighted by Crippen LogP contribution is -2.53. The van der Waals surface area contributed by atoms with Crippen molar-refractivity contribution in [2.75, 3.05) is 12.8 Å². The van der Waals surface area contributed by atoms with E-state index in [1.165, 1.54) is 0 Å². The lowest BCUT2D eigenvalue weighted by Gasteiger charge is -2.29. The van der Waals surface area contributed by atoms with Crippen molar-refractivity contribution in [2.24, 2.45) is 11.7 Å². The molecule has 1 amide bonds. The normalized spacial score (nSPS) is 18.2. The first-order valence-corrected chi connectivity index (χ1v) is 7.49. The van der Waals surface area contributed by atoms with E-state index in [0.717, 1.165) is 23.3 Å². The molecule has 18 heavy (non-hydrogen) atoms. The fourth-order valence-electron chi connectivity index (χ4n) is 2.20. The third kappa shape index (κ3) is 2.70. The SMILES string of the molecule is CSc1ccccc1C(=O)NC(C)(CN)C1CC1. The summed E-state index contributed by atoms with van der Waals surface area (Å²) in [5, 5.41) is 3.12. The molecular weight excluding hydrogens is 244 g/mol. The molecule has 0 radical (unpaired) electrons. The summed E-state index contributed by atoms with van der Waals surface area (Å²) in [6.45, 7) is 2.54. The van der Waals surface area contributed by atoms with Gasteiger partial charge in [-0.1, -0.05) is 12.1 Å². The van der Waals surface area contributed by atoms with E-state index in [1.54, 1.807) is 11.8 Å². The summed E-state index contributed by atoms with van der Waals surface area (Å²) in [4.78, 5) is 13.4. The number of nitrogens with one attached hydrogen (secondary N) is 1. The van der Waals surface area contributed by atoms with E-state index < -0.39 is 0 Å². The number of hydrogen-bond donors (Lipinski definition) is 2. The quantitative estimate of drug-likeness (QED) is 0.802. The van der Waals surface area contributed by atoms with Crippen LogP contribution in [0.3, 0.4) is 0 Å². The fourth-order valence-corrected chi connectivity index (χ4v) is 2.79. The Morgan fingerprint density at radius 3 is 2.72 bits per heavy atom. The molecule has 3 nitrogen and oxygen atoms in total. The molecule has 1 unspecified atom stereocenters. The van der Waals surface area contributed by atoms with Gasteiger partial charge in [0.15, 0.2) is 0 Å². The van der Waals surface area contributed by atoms with Crippen molar-refractivity contribution in [3.05, 3.63) is 29.8 Å². The van der Waals surface area contributed by atoms with Gasteiger partial charge in [-0.15, -0.1) is 11.8 Å². The highest BCUT2D eigenvalue weighted by Crippen LogP contribution is 2.39. The summed E-state index contributed by atoms with van der Waals surface area (Å²) in [6, 6.07) is 7.68. The predicted octanol–water partition coefficient (Wildman–Crippen LogP) is 2.27. The molecule has 1 aromatic rings. The highest BCUT2D eigenvalue weighted by atomic mass is 32.2. The standard InChI is InChI=1S/C14H20N2OS/c1-14(9-15,10-7-8-10)16-13(17)11-5-3-4-6-12(11)18-2/h3-6,10H,7-9,15H2,1-2H3,(H,16,17). The van der Waals surface area contributed by atoms with Gasteiger partial charge >= 0.3 is 0 Å². The molecule has 0 bridgehead atoms. The number of nitrogens with two attached hydrogens (primary N) is 1. The maximum absolute atomic E-state index is 12.4. The molecule has 3 N–H and O–H groups in total. The molecule has 0 saturated heterocycles. The summed E-state index contributed by atoms with van der Waals surface area (Å²) in [6.07, 6.45) is 4.31. The molecule has 1 aliphatic rings. The van der Waals surface area contributed by atoms with E-state index in [1.807, 2.05) is 37.4 Å². The fraction of sp³-hybridized carbons (Fsp3) is 0.500. The van der Waals surface area contributed by atoms with Crippen LogP contribution in [0.1, 0.15) is 30.1 Å². The van der Waals surface area contributed by atoms with Gasteiger partial charge < -0.3 is 11.1 Å². The smallest absolute Gasteiger partial charge is 0.252 e. The lowest BCUT2D eigenvalue weighted by molar-refractivity contribution is 0.0895. The van der Waals surface area contributed by atoms with Crippen LogP contribution in [0, 0.1) is 5.92 Å². The van der Waals surface area contributed by atoms with Crippen molar-refractivity contribution in [1.29, 1.82) is 0 Å². The first-order valence-electron chi connectivity index (χ1n) is 6.26. The van der Waals surface area contributed by atoms with Gasteiger partial charge in [0.25, 0.3) is 5.91 Å². The second kappa shape index (κ2) is 5.33. The lowest BCUT2D eigenvalue weighted by atomic mass is 9.95. The Hall–Kier alpha value is -1.00. The minimum Gasteiger partial charge on any atom is -0.345 e. The Morgan fingerprint density at radius 2 is 2.17 bits per heavy atom. The average molecular weight is 264 g/mol. The zero-order valence-electron chi connectivity index (χ0n) is 10.9. The van der Waals surface area contributed by atoms with Crippen molar-refractivity contribution < 1.29 is 4.79 Å². The number of benzene rings is 1. The second-order valence-corrected chi connectivity index (χ2v) is 5.90. The van der Waals surface area contributed by atoms with Crippen LogP contribution in [0.2, 0.25) is 0 Å². The van der Waals surface area contributed by atoms with Gasteiger partial charge in [-0.25, -0.2) is 0 Å². The topological polar surface area (TPSA) is 55.1 Å². The van der Waals surface area contributed by atoms with E-state index >= 15 is 0 Å². The average Bonchev–Trinajstić information content (AvgIpc) is 3.23. The Morgan fingerprint density at radius 1 is 1.50 bits per heavy atom. The molecule has 1 aliphatic carbocycles. The van der Waals surface area contributed by atoms with Gasteiger partial charge in [0, 0.05) is 11.4 Å². The van der Waals surface area contributed by atoms with Crippen molar-refractivity contribution >= 4 is 17.7 Å². The largest absolute Gasteiger partial charge is 0.345 e. The van der Waals surface area contributed by atoms with Crippen LogP contribution < -0.4 is 11.1 Å². The summed E-state index contributed by atoms with van der Waals surface area (Å²) < 4.78 is 0. The van der Waals surface area contributed by atoms with Crippen molar-refractivity contribution in [3.63, 3.8) is 0 Å². The number of rotatable bonds is 5. The Bertz CT molecular complexity index is 445. The van der Waals surface area contributed by atoms with Gasteiger partial charge in [-0.3, -0.25) is 4.79 Å². The summed E-state index contributed by atoms with van der Waals surface area (Å²) in [5.41, 5.74) is 6.30. The number of amides is 1. The minimum atomic E-state index is -0.261. The number of carbonyl (C=O) groups excluding carboxylic acids is 1. The molecule has 0 aromatic heterocycles. The molecule has 2 rings (SSSR count). The molecule has 98 valence electrons. The van der Waals surface area contributed by atoms with Crippen molar-refractivity contribution in [3.8, 4) is 0 Å². The zero-order chi connectivity index (χ0) is 13.2. The summed E-state index contributed by atoms with van der Waals surface area (Å²) in [5.74, 6) is 0.521. The van der Waals surface area contributed by atoms with Crippen LogP contribution in [0.5, 0.6) is 0 Å². The Kier molecular flexibility index (Phi) is 3.97. The minimum absolute atomic E-state index is 0.0141. The van der Waals surface area contributed by atoms with E-state index in [2.05, 4.69) is 5.32 Å². The molecule has 0 heterocycles. The number of thioether (sulfide) groups is 1. The monoisotopic (exact) mass is 264 g/mol. The van der Waals surface area contributed by atoms with Crippen LogP contribution >= 0.6 is 11.8 Å². The Labute approximate surface area is 113 Å². The molecule has 1 atom stereocenters. The molecule has 0 spiro atoms. The van der Waals surface area contributed by atoms with E-state index in [-0.39, 0.29) is 11.4 Å². The van der Waals surface area contributed by atoms with Crippen molar-refractivity contribution in [1.82, 2.24) is 5.32 Å². The van der Waals surface area contributed by atoms with Crippen LogP contribution in [-0.2, 0) is 0 Å². The first-order chi connectivity index (χ1) is 8.60. The van der Waals surface area contributed by atoms with Crippen LogP contribution in [0.4, 0.5) is 0 Å². The maximum Gasteiger partial charge on any atom is 0.252 e.